The second-order valence-electron chi connectivity index (χ2n) is 3.42. The number of nitrogens with zero attached hydrogens (tertiary/aromatic N) is 2. The summed E-state index contributed by atoms with van der Waals surface area (Å²) in [6.07, 6.45) is 1.56. The van der Waals surface area contributed by atoms with Crippen LogP contribution in [0.25, 0.3) is 10.9 Å². The van der Waals surface area contributed by atoms with Gasteiger partial charge in [0.2, 0.25) is 5.91 Å². The molecule has 0 radical (unpaired) electrons. The number of alkyl halides is 1. The molecule has 0 N–H and O–H groups in total. The fourth-order valence-corrected chi connectivity index (χ4v) is 1.91. The van der Waals surface area contributed by atoms with Crippen LogP contribution in [-0.4, -0.2) is 28.2 Å². The van der Waals surface area contributed by atoms with Crippen LogP contribution in [0.3, 0.4) is 0 Å². The van der Waals surface area contributed by atoms with Crippen molar-refractivity contribution in [2.45, 2.75) is 6.92 Å². The van der Waals surface area contributed by atoms with Gasteiger partial charge in [0.05, 0.1) is 28.0 Å². The molecule has 90 valence electrons. The van der Waals surface area contributed by atoms with Gasteiger partial charge in [0, 0.05) is 6.92 Å². The molecule has 2 rings (SSSR count). The summed E-state index contributed by atoms with van der Waals surface area (Å²) in [6, 6.07) is 3.41. The second kappa shape index (κ2) is 4.94. The summed E-state index contributed by atoms with van der Waals surface area (Å²) in [5.41, 5.74) is 0.561. The Morgan fingerprint density at radius 1 is 1.53 bits per heavy atom. The van der Waals surface area contributed by atoms with E-state index in [0.717, 1.165) is 0 Å². The van der Waals surface area contributed by atoms with Crippen molar-refractivity contribution in [3.8, 4) is 5.75 Å². The zero-order chi connectivity index (χ0) is 12.4. The first-order chi connectivity index (χ1) is 8.15. The summed E-state index contributed by atoms with van der Waals surface area (Å²) < 4.78 is 6.72. The Morgan fingerprint density at radius 3 is 2.94 bits per heavy atom. The lowest BCUT2D eigenvalue weighted by Gasteiger charge is -2.06. The van der Waals surface area contributed by atoms with Crippen LogP contribution in [0.1, 0.15) is 11.7 Å². The third-order valence-corrected chi connectivity index (χ3v) is 2.73. The number of hydrogen-bond acceptors (Lipinski definition) is 3. The molecule has 1 heterocycles. The Kier molecular flexibility index (Phi) is 3.54. The highest BCUT2D eigenvalue weighted by Gasteiger charge is 2.14. The number of carbonyl (C=O) groups excluding carboxylic acids is 1. The Labute approximate surface area is 108 Å². The molecule has 6 heteroatoms. The fourth-order valence-electron chi connectivity index (χ4n) is 1.59. The first-order valence-corrected chi connectivity index (χ1v) is 5.92. The SMILES string of the molecule is CC(=O)n1ncc2c(OCCCl)ccc(Cl)c21. The van der Waals surface area contributed by atoms with Crippen LogP contribution in [0.5, 0.6) is 5.75 Å². The van der Waals surface area contributed by atoms with Gasteiger partial charge in [-0.2, -0.15) is 9.78 Å². The molecule has 0 aliphatic rings. The Hall–Kier alpha value is -1.26. The van der Waals surface area contributed by atoms with E-state index in [4.69, 9.17) is 27.9 Å². The number of carbonyl (C=O) groups is 1. The van der Waals surface area contributed by atoms with Crippen LogP contribution in [0.4, 0.5) is 0 Å². The van der Waals surface area contributed by atoms with Crippen molar-refractivity contribution in [1.82, 2.24) is 9.78 Å². The van der Waals surface area contributed by atoms with Crippen molar-refractivity contribution in [2.24, 2.45) is 0 Å². The molecule has 0 aliphatic carbocycles. The number of ether oxygens (including phenoxy) is 1. The number of fused-ring (bicyclic) bond motifs is 1. The summed E-state index contributed by atoms with van der Waals surface area (Å²) in [6.45, 7) is 1.82. The van der Waals surface area contributed by atoms with Crippen LogP contribution in [0.15, 0.2) is 18.3 Å². The third-order valence-electron chi connectivity index (χ3n) is 2.27. The molecule has 1 aromatic carbocycles. The maximum absolute atomic E-state index is 11.4. The molecule has 0 unspecified atom stereocenters. The number of aromatic nitrogens is 2. The quantitative estimate of drug-likeness (QED) is 0.807. The molecular weight excluding hydrogens is 263 g/mol. The molecule has 1 aromatic heterocycles. The van der Waals surface area contributed by atoms with E-state index in [1.54, 1.807) is 18.3 Å². The van der Waals surface area contributed by atoms with Crippen molar-refractivity contribution in [1.29, 1.82) is 0 Å². The normalized spacial score (nSPS) is 10.8. The van der Waals surface area contributed by atoms with Gasteiger partial charge in [-0.1, -0.05) is 11.6 Å². The first-order valence-electron chi connectivity index (χ1n) is 5.01. The van der Waals surface area contributed by atoms with Crippen LogP contribution >= 0.6 is 23.2 Å². The maximum atomic E-state index is 11.4. The third kappa shape index (κ3) is 2.23. The molecule has 17 heavy (non-hydrogen) atoms. The Balaban J connectivity index is 2.59. The zero-order valence-electron chi connectivity index (χ0n) is 9.11. The van der Waals surface area contributed by atoms with Gasteiger partial charge < -0.3 is 4.74 Å². The van der Waals surface area contributed by atoms with E-state index in [2.05, 4.69) is 5.10 Å². The molecule has 0 atom stereocenters. The summed E-state index contributed by atoms with van der Waals surface area (Å²) in [7, 11) is 0. The highest BCUT2D eigenvalue weighted by molar-refractivity contribution is 6.35. The minimum Gasteiger partial charge on any atom is -0.492 e. The fraction of sp³-hybridized carbons (Fsp3) is 0.273. The minimum atomic E-state index is -0.198. The van der Waals surface area contributed by atoms with E-state index in [1.165, 1.54) is 11.6 Å². The summed E-state index contributed by atoms with van der Waals surface area (Å²) in [4.78, 5) is 11.4. The number of halogens is 2. The van der Waals surface area contributed by atoms with E-state index in [1.807, 2.05) is 0 Å². The van der Waals surface area contributed by atoms with Crippen LogP contribution in [0, 0.1) is 0 Å². The first kappa shape index (κ1) is 12.2. The molecule has 0 saturated carbocycles. The predicted molar refractivity (Wildman–Crippen MR) is 67.3 cm³/mol. The lowest BCUT2D eigenvalue weighted by molar-refractivity contribution is 0.0927. The molecule has 0 bridgehead atoms. The largest absolute Gasteiger partial charge is 0.492 e. The molecule has 0 saturated heterocycles. The van der Waals surface area contributed by atoms with Crippen LogP contribution in [0.2, 0.25) is 5.02 Å². The standard InChI is InChI=1S/C11H10Cl2N2O2/c1-7(16)15-11-8(6-14-15)10(17-5-4-12)3-2-9(11)13/h2-3,6H,4-5H2,1H3. The molecule has 0 aliphatic heterocycles. The molecule has 4 nitrogen and oxygen atoms in total. The van der Waals surface area contributed by atoms with E-state index in [9.17, 15) is 4.79 Å². The topological polar surface area (TPSA) is 44.1 Å². The van der Waals surface area contributed by atoms with Crippen LogP contribution in [-0.2, 0) is 0 Å². The van der Waals surface area contributed by atoms with E-state index in [-0.39, 0.29) is 5.91 Å². The van der Waals surface area contributed by atoms with Gasteiger partial charge >= 0.3 is 0 Å². The van der Waals surface area contributed by atoms with Gasteiger partial charge in [-0.3, -0.25) is 4.79 Å². The van der Waals surface area contributed by atoms with E-state index >= 15 is 0 Å². The molecule has 0 amide bonds. The highest BCUT2D eigenvalue weighted by atomic mass is 35.5. The number of benzene rings is 1. The van der Waals surface area contributed by atoms with Crippen LogP contribution < -0.4 is 4.74 Å². The zero-order valence-corrected chi connectivity index (χ0v) is 10.6. The molecule has 0 spiro atoms. The molecular formula is C11H10Cl2N2O2. The minimum absolute atomic E-state index is 0.198. The van der Waals surface area contributed by atoms with E-state index < -0.39 is 0 Å². The maximum Gasteiger partial charge on any atom is 0.244 e. The predicted octanol–water partition coefficient (Wildman–Crippen LogP) is 2.97. The summed E-state index contributed by atoms with van der Waals surface area (Å²) in [5.74, 6) is 0.819. The molecule has 2 aromatic rings. The Bertz CT molecular complexity index is 566. The van der Waals surface area contributed by atoms with Gasteiger partial charge in [0.25, 0.3) is 0 Å². The lowest BCUT2D eigenvalue weighted by atomic mass is 10.2. The van der Waals surface area contributed by atoms with E-state index in [0.29, 0.717) is 34.2 Å². The molecule has 0 fully saturated rings. The number of rotatable bonds is 3. The van der Waals surface area contributed by atoms with Gasteiger partial charge in [-0.25, -0.2) is 0 Å². The van der Waals surface area contributed by atoms with Crippen molar-refractivity contribution >= 4 is 40.0 Å². The second-order valence-corrected chi connectivity index (χ2v) is 4.21. The average Bonchev–Trinajstić information content (AvgIpc) is 2.74. The van der Waals surface area contributed by atoms with Crippen molar-refractivity contribution < 1.29 is 9.53 Å². The van der Waals surface area contributed by atoms with Crippen molar-refractivity contribution in [2.75, 3.05) is 12.5 Å². The van der Waals surface area contributed by atoms with Gasteiger partial charge in [-0.05, 0) is 12.1 Å². The van der Waals surface area contributed by atoms with Gasteiger partial charge in [-0.15, -0.1) is 11.6 Å². The monoisotopic (exact) mass is 272 g/mol. The van der Waals surface area contributed by atoms with Gasteiger partial charge in [0.15, 0.2) is 0 Å². The lowest BCUT2D eigenvalue weighted by Crippen LogP contribution is -2.07. The van der Waals surface area contributed by atoms with Crippen molar-refractivity contribution in [3.05, 3.63) is 23.4 Å². The summed E-state index contributed by atoms with van der Waals surface area (Å²) >= 11 is 11.6. The highest BCUT2D eigenvalue weighted by Crippen LogP contribution is 2.31. The van der Waals surface area contributed by atoms with Gasteiger partial charge in [0.1, 0.15) is 12.4 Å². The average molecular weight is 273 g/mol. The Morgan fingerprint density at radius 2 is 2.29 bits per heavy atom. The number of hydrogen-bond donors (Lipinski definition) is 0. The summed E-state index contributed by atoms with van der Waals surface area (Å²) in [5, 5.41) is 5.16. The van der Waals surface area contributed by atoms with Crippen molar-refractivity contribution in [3.63, 3.8) is 0 Å². The smallest absolute Gasteiger partial charge is 0.244 e.